The van der Waals surface area contributed by atoms with Gasteiger partial charge in [0.05, 0.1) is 5.56 Å². The van der Waals surface area contributed by atoms with E-state index in [0.717, 1.165) is 32.6 Å². The molecule has 0 atom stereocenters. The fourth-order valence-electron chi connectivity index (χ4n) is 1.79. The molecular formula is C12H16N2O2. The summed E-state index contributed by atoms with van der Waals surface area (Å²) in [5.41, 5.74) is 0.620. The lowest BCUT2D eigenvalue weighted by molar-refractivity contribution is 0.0642. The summed E-state index contributed by atoms with van der Waals surface area (Å²) in [6, 6.07) is 3.54. The smallest absolute Gasteiger partial charge is 0.252 e. The van der Waals surface area contributed by atoms with E-state index in [-0.39, 0.29) is 5.91 Å². The molecule has 4 heteroatoms. The predicted molar refractivity (Wildman–Crippen MR) is 60.1 cm³/mol. The van der Waals surface area contributed by atoms with E-state index in [2.05, 4.69) is 10.3 Å². The average molecular weight is 220 g/mol. The van der Waals surface area contributed by atoms with Crippen molar-refractivity contribution in [2.24, 2.45) is 5.92 Å². The normalized spacial score (nSPS) is 17.0. The summed E-state index contributed by atoms with van der Waals surface area (Å²) in [6.07, 6.45) is 5.31. The first-order chi connectivity index (χ1) is 7.86. The van der Waals surface area contributed by atoms with Crippen LogP contribution in [0.1, 0.15) is 23.2 Å². The number of aromatic nitrogens is 1. The molecule has 16 heavy (non-hydrogen) atoms. The molecule has 1 saturated heterocycles. The minimum absolute atomic E-state index is 0.0420. The van der Waals surface area contributed by atoms with E-state index < -0.39 is 0 Å². The van der Waals surface area contributed by atoms with Crippen molar-refractivity contribution in [3.63, 3.8) is 0 Å². The highest BCUT2D eigenvalue weighted by atomic mass is 16.5. The van der Waals surface area contributed by atoms with Crippen LogP contribution in [0.5, 0.6) is 0 Å². The second-order valence-electron chi connectivity index (χ2n) is 4.01. The molecule has 1 aliphatic rings. The third kappa shape index (κ3) is 3.03. The van der Waals surface area contributed by atoms with Gasteiger partial charge in [0.2, 0.25) is 0 Å². The van der Waals surface area contributed by atoms with Crippen LogP contribution in [0.15, 0.2) is 24.5 Å². The Morgan fingerprint density at radius 2 is 2.31 bits per heavy atom. The van der Waals surface area contributed by atoms with Gasteiger partial charge in [-0.25, -0.2) is 0 Å². The van der Waals surface area contributed by atoms with Gasteiger partial charge >= 0.3 is 0 Å². The molecule has 1 N–H and O–H groups in total. The Kier molecular flexibility index (Phi) is 3.88. The van der Waals surface area contributed by atoms with Crippen molar-refractivity contribution in [2.75, 3.05) is 19.8 Å². The Morgan fingerprint density at radius 1 is 1.50 bits per heavy atom. The molecule has 0 radical (unpaired) electrons. The van der Waals surface area contributed by atoms with Gasteiger partial charge in [-0.15, -0.1) is 0 Å². The molecule has 0 unspecified atom stereocenters. The van der Waals surface area contributed by atoms with Crippen LogP contribution < -0.4 is 5.32 Å². The third-order valence-electron chi connectivity index (χ3n) is 2.82. The van der Waals surface area contributed by atoms with E-state index in [9.17, 15) is 4.79 Å². The first-order valence-corrected chi connectivity index (χ1v) is 5.62. The lowest BCUT2D eigenvalue weighted by Crippen LogP contribution is -2.32. The van der Waals surface area contributed by atoms with Gasteiger partial charge in [0, 0.05) is 32.2 Å². The highest BCUT2D eigenvalue weighted by molar-refractivity contribution is 5.93. The Labute approximate surface area is 95.0 Å². The molecule has 2 rings (SSSR count). The van der Waals surface area contributed by atoms with E-state index in [0.29, 0.717) is 11.5 Å². The molecule has 0 saturated carbocycles. The standard InChI is InChI=1S/C12H16N2O2/c15-12(11-2-1-5-13-9-11)14-8-10-3-6-16-7-4-10/h1-2,5,9-10H,3-4,6-8H2,(H,14,15). The van der Waals surface area contributed by atoms with Gasteiger partial charge < -0.3 is 10.1 Å². The van der Waals surface area contributed by atoms with Crippen molar-refractivity contribution in [3.8, 4) is 0 Å². The second kappa shape index (κ2) is 5.61. The van der Waals surface area contributed by atoms with Gasteiger partial charge in [-0.1, -0.05) is 0 Å². The first kappa shape index (κ1) is 11.1. The quantitative estimate of drug-likeness (QED) is 0.833. The fraction of sp³-hybridized carbons (Fsp3) is 0.500. The Morgan fingerprint density at radius 3 is 3.00 bits per heavy atom. The highest BCUT2D eigenvalue weighted by Gasteiger charge is 2.14. The van der Waals surface area contributed by atoms with Crippen LogP contribution in [-0.2, 0) is 4.74 Å². The SMILES string of the molecule is O=C(NCC1CCOCC1)c1cccnc1. The summed E-state index contributed by atoms with van der Waals surface area (Å²) in [5.74, 6) is 0.508. The fourth-order valence-corrected chi connectivity index (χ4v) is 1.79. The number of hydrogen-bond acceptors (Lipinski definition) is 3. The molecule has 0 aliphatic carbocycles. The Bertz CT molecular complexity index is 334. The van der Waals surface area contributed by atoms with Crippen LogP contribution >= 0.6 is 0 Å². The van der Waals surface area contributed by atoms with E-state index in [4.69, 9.17) is 4.74 Å². The van der Waals surface area contributed by atoms with Gasteiger partial charge in [0.1, 0.15) is 0 Å². The molecule has 86 valence electrons. The maximum atomic E-state index is 11.7. The maximum absolute atomic E-state index is 11.7. The van der Waals surface area contributed by atoms with Crippen molar-refractivity contribution >= 4 is 5.91 Å². The number of nitrogens with zero attached hydrogens (tertiary/aromatic N) is 1. The molecule has 4 nitrogen and oxygen atoms in total. The van der Waals surface area contributed by atoms with Crippen LogP contribution in [0.4, 0.5) is 0 Å². The molecular weight excluding hydrogens is 204 g/mol. The summed E-state index contributed by atoms with van der Waals surface area (Å²) >= 11 is 0. The third-order valence-corrected chi connectivity index (χ3v) is 2.82. The van der Waals surface area contributed by atoms with Crippen molar-refractivity contribution in [2.45, 2.75) is 12.8 Å². The lowest BCUT2D eigenvalue weighted by Gasteiger charge is -2.22. The number of carbonyl (C=O) groups excluding carboxylic acids is 1. The molecule has 1 fully saturated rings. The van der Waals surface area contributed by atoms with Crippen molar-refractivity contribution in [1.29, 1.82) is 0 Å². The van der Waals surface area contributed by atoms with E-state index in [1.807, 2.05) is 0 Å². The summed E-state index contributed by atoms with van der Waals surface area (Å²) in [4.78, 5) is 15.6. The number of ether oxygens (including phenoxy) is 1. The number of pyridine rings is 1. The number of carbonyl (C=O) groups is 1. The Hall–Kier alpha value is -1.42. The molecule has 0 aromatic carbocycles. The number of nitrogens with one attached hydrogen (secondary N) is 1. The zero-order valence-electron chi connectivity index (χ0n) is 9.19. The summed E-state index contributed by atoms with van der Waals surface area (Å²) in [5, 5.41) is 2.93. The van der Waals surface area contributed by atoms with Crippen molar-refractivity contribution < 1.29 is 9.53 Å². The highest BCUT2D eigenvalue weighted by Crippen LogP contribution is 2.13. The predicted octanol–water partition coefficient (Wildman–Crippen LogP) is 1.24. The van der Waals surface area contributed by atoms with E-state index >= 15 is 0 Å². The topological polar surface area (TPSA) is 51.2 Å². The molecule has 1 aliphatic heterocycles. The summed E-state index contributed by atoms with van der Waals surface area (Å²) in [7, 11) is 0. The van der Waals surface area contributed by atoms with Gasteiger partial charge in [-0.3, -0.25) is 9.78 Å². The lowest BCUT2D eigenvalue weighted by atomic mass is 10.0. The molecule has 1 aromatic rings. The minimum Gasteiger partial charge on any atom is -0.381 e. The van der Waals surface area contributed by atoms with Gasteiger partial charge in [0.15, 0.2) is 0 Å². The van der Waals surface area contributed by atoms with Gasteiger partial charge in [0.25, 0.3) is 5.91 Å². The molecule has 1 amide bonds. The first-order valence-electron chi connectivity index (χ1n) is 5.62. The van der Waals surface area contributed by atoms with Gasteiger partial charge in [-0.05, 0) is 30.9 Å². The largest absolute Gasteiger partial charge is 0.381 e. The van der Waals surface area contributed by atoms with Crippen LogP contribution in [0.2, 0.25) is 0 Å². The van der Waals surface area contributed by atoms with Crippen LogP contribution in [0, 0.1) is 5.92 Å². The van der Waals surface area contributed by atoms with Crippen LogP contribution in [-0.4, -0.2) is 30.6 Å². The van der Waals surface area contributed by atoms with E-state index in [1.54, 1.807) is 24.5 Å². The number of rotatable bonds is 3. The number of hydrogen-bond donors (Lipinski definition) is 1. The van der Waals surface area contributed by atoms with Gasteiger partial charge in [-0.2, -0.15) is 0 Å². The second-order valence-corrected chi connectivity index (χ2v) is 4.01. The van der Waals surface area contributed by atoms with Crippen LogP contribution in [0.3, 0.4) is 0 Å². The zero-order chi connectivity index (χ0) is 11.2. The molecule has 0 spiro atoms. The zero-order valence-corrected chi connectivity index (χ0v) is 9.19. The average Bonchev–Trinajstić information content (AvgIpc) is 2.38. The summed E-state index contributed by atoms with van der Waals surface area (Å²) < 4.78 is 5.27. The van der Waals surface area contributed by atoms with Crippen LogP contribution in [0.25, 0.3) is 0 Å². The molecule has 2 heterocycles. The van der Waals surface area contributed by atoms with E-state index in [1.165, 1.54) is 0 Å². The maximum Gasteiger partial charge on any atom is 0.252 e. The van der Waals surface area contributed by atoms with Crippen molar-refractivity contribution in [3.05, 3.63) is 30.1 Å². The Balaban J connectivity index is 1.79. The number of amides is 1. The molecule has 0 bridgehead atoms. The monoisotopic (exact) mass is 220 g/mol. The molecule has 1 aromatic heterocycles. The van der Waals surface area contributed by atoms with Crippen molar-refractivity contribution in [1.82, 2.24) is 10.3 Å². The minimum atomic E-state index is -0.0420. The summed E-state index contributed by atoms with van der Waals surface area (Å²) in [6.45, 7) is 2.36.